The maximum atomic E-state index is 6.23. The van der Waals surface area contributed by atoms with E-state index < -0.39 is 0 Å². The third kappa shape index (κ3) is 3.09. The second-order valence-corrected chi connectivity index (χ2v) is 8.22. The molecule has 4 heteroatoms. The number of aromatic nitrogens is 2. The Morgan fingerprint density at radius 2 is 1.89 bits per heavy atom. The molecule has 1 aromatic heterocycles. The van der Waals surface area contributed by atoms with Crippen molar-refractivity contribution in [2.24, 2.45) is 7.05 Å². The van der Waals surface area contributed by atoms with E-state index >= 15 is 0 Å². The van der Waals surface area contributed by atoms with Crippen molar-refractivity contribution in [3.63, 3.8) is 0 Å². The summed E-state index contributed by atoms with van der Waals surface area (Å²) < 4.78 is 2.30. The van der Waals surface area contributed by atoms with Gasteiger partial charge in [0, 0.05) is 43.2 Å². The molecule has 1 aliphatic heterocycles. The molecule has 5 rings (SSSR count). The van der Waals surface area contributed by atoms with Crippen LogP contribution in [0.3, 0.4) is 0 Å². The molecule has 0 fully saturated rings. The number of halogens is 1. The minimum Gasteiger partial charge on any atom is -0.330 e. The van der Waals surface area contributed by atoms with E-state index in [1.807, 2.05) is 6.07 Å². The molecule has 0 saturated carbocycles. The van der Waals surface area contributed by atoms with E-state index in [4.69, 9.17) is 16.6 Å². The van der Waals surface area contributed by atoms with Crippen LogP contribution in [-0.2, 0) is 32.9 Å². The molecule has 3 aromatic rings. The first-order valence-corrected chi connectivity index (χ1v) is 10.2. The van der Waals surface area contributed by atoms with Crippen LogP contribution in [0.4, 0.5) is 0 Å². The normalized spacial score (nSPS) is 19.6. The SMILES string of the molecule is Cn1c(-c2ccccc2)nc2c1CN(C1CCc3ccc(Cl)cc3C1)CC2. The van der Waals surface area contributed by atoms with Crippen LogP contribution >= 0.6 is 11.6 Å². The summed E-state index contributed by atoms with van der Waals surface area (Å²) in [5, 5.41) is 0.856. The number of benzene rings is 2. The predicted octanol–water partition coefficient (Wildman–Crippen LogP) is 4.66. The van der Waals surface area contributed by atoms with Gasteiger partial charge < -0.3 is 4.57 Å². The van der Waals surface area contributed by atoms with E-state index in [2.05, 4.69) is 59.0 Å². The molecule has 2 aromatic carbocycles. The Hall–Kier alpha value is -2.10. The van der Waals surface area contributed by atoms with Crippen LogP contribution in [0, 0.1) is 0 Å². The van der Waals surface area contributed by atoms with E-state index in [0.717, 1.165) is 43.2 Å². The lowest BCUT2D eigenvalue weighted by Crippen LogP contribution is -2.42. The number of hydrogen-bond donors (Lipinski definition) is 0. The third-order valence-corrected chi connectivity index (χ3v) is 6.44. The molecule has 0 saturated heterocycles. The first-order valence-electron chi connectivity index (χ1n) is 9.80. The zero-order valence-electron chi connectivity index (χ0n) is 15.7. The summed E-state index contributed by atoms with van der Waals surface area (Å²) in [7, 11) is 2.16. The van der Waals surface area contributed by atoms with Crippen molar-refractivity contribution in [3.05, 3.63) is 76.1 Å². The number of hydrogen-bond acceptors (Lipinski definition) is 2. The van der Waals surface area contributed by atoms with E-state index in [0.29, 0.717) is 6.04 Å². The fourth-order valence-electron chi connectivity index (χ4n) is 4.68. The first kappa shape index (κ1) is 17.0. The lowest BCUT2D eigenvalue weighted by atomic mass is 9.87. The monoisotopic (exact) mass is 377 g/mol. The lowest BCUT2D eigenvalue weighted by molar-refractivity contribution is 0.159. The van der Waals surface area contributed by atoms with Crippen molar-refractivity contribution < 1.29 is 0 Å². The van der Waals surface area contributed by atoms with Crippen molar-refractivity contribution in [3.8, 4) is 11.4 Å². The van der Waals surface area contributed by atoms with Crippen LogP contribution < -0.4 is 0 Å². The summed E-state index contributed by atoms with van der Waals surface area (Å²) in [6.07, 6.45) is 4.53. The molecule has 0 amide bonds. The van der Waals surface area contributed by atoms with Gasteiger partial charge in [-0.25, -0.2) is 4.98 Å². The number of fused-ring (bicyclic) bond motifs is 2. The van der Waals surface area contributed by atoms with Crippen molar-refractivity contribution in [2.45, 2.75) is 38.3 Å². The summed E-state index contributed by atoms with van der Waals surface area (Å²) >= 11 is 6.23. The summed E-state index contributed by atoms with van der Waals surface area (Å²) in [6.45, 7) is 2.09. The summed E-state index contributed by atoms with van der Waals surface area (Å²) in [5.41, 5.74) is 6.74. The number of imidazole rings is 1. The molecule has 0 spiro atoms. The average Bonchev–Trinajstić information content (AvgIpc) is 3.04. The van der Waals surface area contributed by atoms with Crippen LogP contribution in [0.2, 0.25) is 5.02 Å². The third-order valence-electron chi connectivity index (χ3n) is 6.20. The van der Waals surface area contributed by atoms with Crippen LogP contribution in [-0.4, -0.2) is 27.0 Å². The minimum atomic E-state index is 0.596. The van der Waals surface area contributed by atoms with Crippen LogP contribution in [0.5, 0.6) is 0 Å². The zero-order valence-corrected chi connectivity index (χ0v) is 16.4. The van der Waals surface area contributed by atoms with Gasteiger partial charge in [0.15, 0.2) is 0 Å². The second kappa shape index (κ2) is 6.81. The molecule has 0 N–H and O–H groups in total. The van der Waals surface area contributed by atoms with Gasteiger partial charge in [-0.05, 0) is 42.5 Å². The van der Waals surface area contributed by atoms with Gasteiger partial charge in [0.2, 0.25) is 0 Å². The Morgan fingerprint density at radius 1 is 1.04 bits per heavy atom. The topological polar surface area (TPSA) is 21.1 Å². The first-order chi connectivity index (χ1) is 13.2. The Bertz CT molecular complexity index is 977. The second-order valence-electron chi connectivity index (χ2n) is 7.78. The van der Waals surface area contributed by atoms with Gasteiger partial charge in [0.05, 0.1) is 11.4 Å². The van der Waals surface area contributed by atoms with Gasteiger partial charge >= 0.3 is 0 Å². The van der Waals surface area contributed by atoms with Gasteiger partial charge in [0.25, 0.3) is 0 Å². The molecular formula is C23H24ClN3. The fourth-order valence-corrected chi connectivity index (χ4v) is 4.88. The molecule has 2 aliphatic rings. The molecule has 1 aliphatic carbocycles. The largest absolute Gasteiger partial charge is 0.330 e. The van der Waals surface area contributed by atoms with Crippen LogP contribution in [0.15, 0.2) is 48.5 Å². The molecule has 0 radical (unpaired) electrons. The van der Waals surface area contributed by atoms with E-state index in [1.165, 1.54) is 34.5 Å². The molecule has 1 unspecified atom stereocenters. The molecule has 1 atom stereocenters. The van der Waals surface area contributed by atoms with Crippen molar-refractivity contribution in [1.82, 2.24) is 14.5 Å². The van der Waals surface area contributed by atoms with Gasteiger partial charge in [-0.1, -0.05) is 48.0 Å². The van der Waals surface area contributed by atoms with Crippen molar-refractivity contribution >= 4 is 11.6 Å². The zero-order chi connectivity index (χ0) is 18.4. The Balaban J connectivity index is 1.40. The quantitative estimate of drug-likeness (QED) is 0.647. The highest BCUT2D eigenvalue weighted by molar-refractivity contribution is 6.30. The summed E-state index contributed by atoms with van der Waals surface area (Å²) in [6, 6.07) is 17.5. The van der Waals surface area contributed by atoms with Gasteiger partial charge in [0.1, 0.15) is 5.82 Å². The standard InChI is InChI=1S/C23H24ClN3/c1-26-22-15-27(20-10-8-16-7-9-19(24)13-18(16)14-20)12-11-21(22)25-23(26)17-5-3-2-4-6-17/h2-7,9,13,20H,8,10-12,14-15H2,1H3. The molecular weight excluding hydrogens is 354 g/mol. The predicted molar refractivity (Wildman–Crippen MR) is 110 cm³/mol. The molecule has 138 valence electrons. The smallest absolute Gasteiger partial charge is 0.140 e. The molecule has 2 heterocycles. The Morgan fingerprint density at radius 3 is 2.74 bits per heavy atom. The molecule has 0 bridgehead atoms. The Kier molecular flexibility index (Phi) is 4.30. The van der Waals surface area contributed by atoms with E-state index in [-0.39, 0.29) is 0 Å². The average molecular weight is 378 g/mol. The minimum absolute atomic E-state index is 0.596. The van der Waals surface area contributed by atoms with Crippen LogP contribution in [0.1, 0.15) is 28.9 Å². The number of rotatable bonds is 2. The van der Waals surface area contributed by atoms with Crippen molar-refractivity contribution in [1.29, 1.82) is 0 Å². The molecule has 3 nitrogen and oxygen atoms in total. The Labute approximate surface area is 165 Å². The van der Waals surface area contributed by atoms with Crippen LogP contribution in [0.25, 0.3) is 11.4 Å². The maximum Gasteiger partial charge on any atom is 0.140 e. The van der Waals surface area contributed by atoms with Gasteiger partial charge in [-0.2, -0.15) is 0 Å². The summed E-state index contributed by atoms with van der Waals surface area (Å²) in [4.78, 5) is 7.62. The highest BCUT2D eigenvalue weighted by Gasteiger charge is 2.30. The highest BCUT2D eigenvalue weighted by Crippen LogP contribution is 2.31. The number of nitrogens with zero attached hydrogens (tertiary/aromatic N) is 3. The lowest BCUT2D eigenvalue weighted by Gasteiger charge is -2.37. The molecule has 27 heavy (non-hydrogen) atoms. The number of aryl methyl sites for hydroxylation is 1. The highest BCUT2D eigenvalue weighted by atomic mass is 35.5. The van der Waals surface area contributed by atoms with Gasteiger partial charge in [-0.15, -0.1) is 0 Å². The fraction of sp³-hybridized carbons (Fsp3) is 0.348. The van der Waals surface area contributed by atoms with Crippen molar-refractivity contribution in [2.75, 3.05) is 6.54 Å². The van der Waals surface area contributed by atoms with E-state index in [9.17, 15) is 0 Å². The summed E-state index contributed by atoms with van der Waals surface area (Å²) in [5.74, 6) is 1.09. The maximum absolute atomic E-state index is 6.23. The van der Waals surface area contributed by atoms with Gasteiger partial charge in [-0.3, -0.25) is 4.90 Å². The van der Waals surface area contributed by atoms with E-state index in [1.54, 1.807) is 0 Å².